The Labute approximate surface area is 118 Å². The molecular weight excluding hydrogens is 256 g/mol. The number of carbonyl (C=O) groups excluding carboxylic acids is 1. The van der Waals surface area contributed by atoms with Gasteiger partial charge in [0.1, 0.15) is 5.69 Å². The fourth-order valence-corrected chi connectivity index (χ4v) is 2.19. The molecule has 2 rings (SSSR count). The summed E-state index contributed by atoms with van der Waals surface area (Å²) in [6.45, 7) is 4.11. The first-order valence-corrected chi connectivity index (χ1v) is 6.85. The summed E-state index contributed by atoms with van der Waals surface area (Å²) in [5.41, 5.74) is 1.33. The van der Waals surface area contributed by atoms with Crippen molar-refractivity contribution in [3.63, 3.8) is 0 Å². The van der Waals surface area contributed by atoms with Crippen molar-refractivity contribution in [1.82, 2.24) is 10.5 Å². The maximum absolute atomic E-state index is 12.1. The number of amides is 1. The number of fused-ring (bicyclic) bond motifs is 1. The van der Waals surface area contributed by atoms with Gasteiger partial charge in [-0.05, 0) is 24.5 Å². The maximum atomic E-state index is 12.1. The second-order valence-corrected chi connectivity index (χ2v) is 5.23. The lowest BCUT2D eigenvalue weighted by atomic mass is 10.0. The second-order valence-electron chi connectivity index (χ2n) is 5.23. The van der Waals surface area contributed by atoms with Gasteiger partial charge in [-0.1, -0.05) is 31.1 Å². The molecular formula is C15H20N2O3. The molecule has 2 aromatic rings. The quantitative estimate of drug-likeness (QED) is 0.845. The van der Waals surface area contributed by atoms with Crippen molar-refractivity contribution in [3.05, 3.63) is 30.0 Å². The highest BCUT2D eigenvalue weighted by Crippen LogP contribution is 2.18. The van der Waals surface area contributed by atoms with Gasteiger partial charge in [0.05, 0.1) is 6.42 Å². The van der Waals surface area contributed by atoms with Gasteiger partial charge < -0.3 is 14.9 Å². The van der Waals surface area contributed by atoms with Crippen LogP contribution < -0.4 is 5.32 Å². The van der Waals surface area contributed by atoms with E-state index in [0.29, 0.717) is 17.7 Å². The van der Waals surface area contributed by atoms with Crippen LogP contribution in [0.1, 0.15) is 26.0 Å². The number of aliphatic hydroxyl groups excluding tert-OH is 1. The minimum Gasteiger partial charge on any atom is -0.396 e. The number of aliphatic hydroxyl groups is 1. The van der Waals surface area contributed by atoms with Crippen molar-refractivity contribution in [1.29, 1.82) is 0 Å². The predicted molar refractivity (Wildman–Crippen MR) is 76.2 cm³/mol. The molecule has 5 nitrogen and oxygen atoms in total. The first kappa shape index (κ1) is 14.5. The number of nitrogens with zero attached hydrogens (tertiary/aromatic N) is 1. The molecule has 108 valence electrons. The lowest BCUT2D eigenvalue weighted by molar-refractivity contribution is -0.121. The Morgan fingerprint density at radius 3 is 2.85 bits per heavy atom. The van der Waals surface area contributed by atoms with Crippen LogP contribution >= 0.6 is 0 Å². The summed E-state index contributed by atoms with van der Waals surface area (Å²) >= 11 is 0. The van der Waals surface area contributed by atoms with Gasteiger partial charge in [0, 0.05) is 18.0 Å². The van der Waals surface area contributed by atoms with Crippen LogP contribution in [-0.2, 0) is 11.2 Å². The molecule has 0 fully saturated rings. The third-order valence-electron chi connectivity index (χ3n) is 3.37. The van der Waals surface area contributed by atoms with Crippen LogP contribution in [0, 0.1) is 5.92 Å². The van der Waals surface area contributed by atoms with E-state index in [9.17, 15) is 4.79 Å². The van der Waals surface area contributed by atoms with Gasteiger partial charge in [-0.15, -0.1) is 0 Å². The maximum Gasteiger partial charge on any atom is 0.226 e. The zero-order valence-electron chi connectivity index (χ0n) is 11.8. The molecule has 1 amide bonds. The minimum absolute atomic E-state index is 0.0225. The smallest absolute Gasteiger partial charge is 0.226 e. The van der Waals surface area contributed by atoms with E-state index >= 15 is 0 Å². The van der Waals surface area contributed by atoms with Crippen molar-refractivity contribution in [2.24, 2.45) is 5.92 Å². The first-order valence-electron chi connectivity index (χ1n) is 6.85. The fraction of sp³-hybridized carbons (Fsp3) is 0.467. The molecule has 1 atom stereocenters. The monoisotopic (exact) mass is 276 g/mol. The molecule has 1 heterocycles. The Hall–Kier alpha value is -1.88. The van der Waals surface area contributed by atoms with Gasteiger partial charge in [-0.3, -0.25) is 4.79 Å². The normalized spacial score (nSPS) is 12.8. The topological polar surface area (TPSA) is 75.4 Å². The van der Waals surface area contributed by atoms with Crippen LogP contribution in [0.3, 0.4) is 0 Å². The molecule has 0 aliphatic carbocycles. The molecule has 1 aromatic carbocycles. The van der Waals surface area contributed by atoms with Gasteiger partial charge in [-0.25, -0.2) is 0 Å². The molecule has 0 spiro atoms. The van der Waals surface area contributed by atoms with E-state index in [1.165, 1.54) is 0 Å². The lowest BCUT2D eigenvalue weighted by Crippen LogP contribution is -2.40. The number of benzene rings is 1. The predicted octanol–water partition coefficient (Wildman–Crippen LogP) is 1.89. The average Bonchev–Trinajstić information content (AvgIpc) is 2.81. The fourth-order valence-electron chi connectivity index (χ4n) is 2.19. The van der Waals surface area contributed by atoms with Crippen LogP contribution in [0.25, 0.3) is 11.0 Å². The molecule has 0 saturated carbocycles. The number of nitrogens with one attached hydrogen (secondary N) is 1. The molecule has 2 N–H and O–H groups in total. The Morgan fingerprint density at radius 2 is 2.15 bits per heavy atom. The van der Waals surface area contributed by atoms with Gasteiger partial charge in [-0.2, -0.15) is 0 Å². The molecule has 0 aliphatic heterocycles. The highest BCUT2D eigenvalue weighted by Gasteiger charge is 2.18. The number of para-hydroxylation sites is 1. The lowest BCUT2D eigenvalue weighted by Gasteiger charge is -2.21. The zero-order chi connectivity index (χ0) is 14.5. The zero-order valence-corrected chi connectivity index (χ0v) is 11.8. The third-order valence-corrected chi connectivity index (χ3v) is 3.37. The molecule has 0 radical (unpaired) electrons. The molecule has 1 unspecified atom stereocenters. The van der Waals surface area contributed by atoms with Crippen molar-refractivity contribution in [3.8, 4) is 0 Å². The molecule has 5 heteroatoms. The highest BCUT2D eigenvalue weighted by molar-refractivity contribution is 5.86. The molecule has 0 aliphatic rings. The van der Waals surface area contributed by atoms with Crippen molar-refractivity contribution >= 4 is 16.9 Å². The van der Waals surface area contributed by atoms with Crippen LogP contribution in [0.4, 0.5) is 0 Å². The van der Waals surface area contributed by atoms with Gasteiger partial charge in [0.25, 0.3) is 0 Å². The van der Waals surface area contributed by atoms with Crippen molar-refractivity contribution in [2.45, 2.75) is 32.7 Å². The Morgan fingerprint density at radius 1 is 1.40 bits per heavy atom. The first-order chi connectivity index (χ1) is 9.61. The molecule has 20 heavy (non-hydrogen) atoms. The van der Waals surface area contributed by atoms with Crippen molar-refractivity contribution < 1.29 is 14.4 Å². The van der Waals surface area contributed by atoms with Crippen LogP contribution in [-0.4, -0.2) is 28.8 Å². The van der Waals surface area contributed by atoms with Crippen molar-refractivity contribution in [2.75, 3.05) is 6.61 Å². The van der Waals surface area contributed by atoms with E-state index < -0.39 is 0 Å². The SMILES string of the molecule is CC(C)C(CCO)NC(=O)Cc1noc2ccccc12. The number of hydrogen-bond acceptors (Lipinski definition) is 4. The summed E-state index contributed by atoms with van der Waals surface area (Å²) in [5.74, 6) is 0.177. The van der Waals surface area contributed by atoms with Gasteiger partial charge >= 0.3 is 0 Å². The minimum atomic E-state index is -0.101. The van der Waals surface area contributed by atoms with E-state index in [-0.39, 0.29) is 30.9 Å². The number of rotatable bonds is 6. The average molecular weight is 276 g/mol. The summed E-state index contributed by atoms with van der Waals surface area (Å²) < 4.78 is 5.18. The number of hydrogen-bond donors (Lipinski definition) is 2. The Balaban J connectivity index is 2.04. The summed E-state index contributed by atoms with van der Waals surface area (Å²) in [6.07, 6.45) is 0.745. The summed E-state index contributed by atoms with van der Waals surface area (Å²) in [6, 6.07) is 7.46. The highest BCUT2D eigenvalue weighted by atomic mass is 16.5. The largest absolute Gasteiger partial charge is 0.396 e. The van der Waals surface area contributed by atoms with Crippen LogP contribution in [0.2, 0.25) is 0 Å². The van der Waals surface area contributed by atoms with Crippen LogP contribution in [0.5, 0.6) is 0 Å². The Kier molecular flexibility index (Phi) is 4.74. The summed E-state index contributed by atoms with van der Waals surface area (Å²) in [5, 5.41) is 16.8. The van der Waals surface area contributed by atoms with E-state index in [1.54, 1.807) is 0 Å². The summed E-state index contributed by atoms with van der Waals surface area (Å²) in [4.78, 5) is 12.1. The van der Waals surface area contributed by atoms with E-state index in [0.717, 1.165) is 5.39 Å². The second kappa shape index (κ2) is 6.52. The molecule has 1 aromatic heterocycles. The molecule has 0 saturated heterocycles. The van der Waals surface area contributed by atoms with Gasteiger partial charge in [0.15, 0.2) is 5.58 Å². The van der Waals surface area contributed by atoms with E-state index in [4.69, 9.17) is 9.63 Å². The third kappa shape index (κ3) is 3.36. The van der Waals surface area contributed by atoms with E-state index in [1.807, 2.05) is 38.1 Å². The number of carbonyl (C=O) groups is 1. The summed E-state index contributed by atoms with van der Waals surface area (Å²) in [7, 11) is 0. The van der Waals surface area contributed by atoms with Crippen LogP contribution in [0.15, 0.2) is 28.8 Å². The van der Waals surface area contributed by atoms with Gasteiger partial charge in [0.2, 0.25) is 5.91 Å². The molecule has 0 bridgehead atoms. The number of aromatic nitrogens is 1. The standard InChI is InChI=1S/C15H20N2O3/c1-10(2)12(7-8-18)16-15(19)9-13-11-5-3-4-6-14(11)20-17-13/h3-6,10,12,18H,7-9H2,1-2H3,(H,16,19). The Bertz CT molecular complexity index is 577. The van der Waals surface area contributed by atoms with E-state index in [2.05, 4.69) is 10.5 Å².